The first kappa shape index (κ1) is 12.6. The Morgan fingerprint density at radius 3 is 3.00 bits per heavy atom. The van der Waals surface area contributed by atoms with Crippen LogP contribution in [0.4, 0.5) is 5.69 Å². The van der Waals surface area contributed by atoms with Crippen LogP contribution >= 0.6 is 0 Å². The van der Waals surface area contributed by atoms with Crippen LogP contribution in [0.1, 0.15) is 5.56 Å². The van der Waals surface area contributed by atoms with E-state index in [1.807, 2.05) is 36.7 Å². The van der Waals surface area contributed by atoms with E-state index in [0.29, 0.717) is 13.1 Å². The Bertz CT molecular complexity index is 708. The number of aliphatic hydroxyl groups excluding tert-OH is 1. The van der Waals surface area contributed by atoms with E-state index < -0.39 is 0 Å². The Kier molecular flexibility index (Phi) is 3.60. The minimum Gasteiger partial charge on any atom is -0.394 e. The number of nitrogens with one attached hydrogen (secondary N) is 1. The lowest BCUT2D eigenvalue weighted by atomic mass is 10.2. The standard InChI is InChI=1S/C15H16N4O/c20-6-5-19-11-12(9-18-19)8-16-14-7-13-3-1-2-4-15(13)17-10-14/h1-4,7,9-11,16,20H,5-6,8H2. The molecule has 0 aliphatic rings. The zero-order chi connectivity index (χ0) is 13.8. The first-order valence-corrected chi connectivity index (χ1v) is 6.56. The zero-order valence-corrected chi connectivity index (χ0v) is 11.0. The van der Waals surface area contributed by atoms with Gasteiger partial charge in [-0.05, 0) is 12.1 Å². The fourth-order valence-corrected chi connectivity index (χ4v) is 2.09. The highest BCUT2D eigenvalue weighted by atomic mass is 16.3. The van der Waals surface area contributed by atoms with E-state index in [-0.39, 0.29) is 6.61 Å². The third-order valence-corrected chi connectivity index (χ3v) is 3.10. The summed E-state index contributed by atoms with van der Waals surface area (Å²) in [5.74, 6) is 0. The van der Waals surface area contributed by atoms with Crippen molar-refractivity contribution in [2.24, 2.45) is 0 Å². The second kappa shape index (κ2) is 5.71. The van der Waals surface area contributed by atoms with Crippen molar-refractivity contribution in [3.63, 3.8) is 0 Å². The van der Waals surface area contributed by atoms with Crippen LogP contribution in [-0.2, 0) is 13.1 Å². The first-order valence-electron chi connectivity index (χ1n) is 6.56. The Balaban J connectivity index is 1.69. The number of aromatic nitrogens is 3. The summed E-state index contributed by atoms with van der Waals surface area (Å²) in [6, 6.07) is 10.1. The van der Waals surface area contributed by atoms with Crippen molar-refractivity contribution in [3.8, 4) is 0 Å². The summed E-state index contributed by atoms with van der Waals surface area (Å²) in [5, 5.41) is 17.5. The number of hydrogen-bond donors (Lipinski definition) is 2. The lowest BCUT2D eigenvalue weighted by molar-refractivity contribution is 0.269. The topological polar surface area (TPSA) is 63.0 Å². The van der Waals surface area contributed by atoms with E-state index in [2.05, 4.69) is 21.5 Å². The average Bonchev–Trinajstić information content (AvgIpc) is 2.93. The van der Waals surface area contributed by atoms with Gasteiger partial charge in [0.25, 0.3) is 0 Å². The van der Waals surface area contributed by atoms with Crippen molar-refractivity contribution in [2.75, 3.05) is 11.9 Å². The largest absolute Gasteiger partial charge is 0.394 e. The van der Waals surface area contributed by atoms with E-state index >= 15 is 0 Å². The van der Waals surface area contributed by atoms with Gasteiger partial charge in [0.1, 0.15) is 0 Å². The number of pyridine rings is 1. The van der Waals surface area contributed by atoms with E-state index in [0.717, 1.165) is 22.2 Å². The molecule has 0 radical (unpaired) electrons. The van der Waals surface area contributed by atoms with Crippen LogP contribution in [0.5, 0.6) is 0 Å². The molecule has 0 bridgehead atoms. The van der Waals surface area contributed by atoms with Gasteiger partial charge in [-0.25, -0.2) is 0 Å². The summed E-state index contributed by atoms with van der Waals surface area (Å²) in [4.78, 5) is 4.41. The van der Waals surface area contributed by atoms with Gasteiger partial charge in [-0.3, -0.25) is 9.67 Å². The Morgan fingerprint density at radius 2 is 2.10 bits per heavy atom. The third-order valence-electron chi connectivity index (χ3n) is 3.10. The number of fused-ring (bicyclic) bond motifs is 1. The summed E-state index contributed by atoms with van der Waals surface area (Å²) in [6.45, 7) is 1.31. The van der Waals surface area contributed by atoms with Gasteiger partial charge in [0.15, 0.2) is 0 Å². The molecule has 0 fully saturated rings. The minimum absolute atomic E-state index is 0.100. The monoisotopic (exact) mass is 268 g/mol. The van der Waals surface area contributed by atoms with Crippen LogP contribution in [-0.4, -0.2) is 26.5 Å². The summed E-state index contributed by atoms with van der Waals surface area (Å²) in [6.07, 6.45) is 5.56. The Hall–Kier alpha value is -2.40. The maximum atomic E-state index is 8.85. The fourth-order valence-electron chi connectivity index (χ4n) is 2.09. The highest BCUT2D eigenvalue weighted by Crippen LogP contribution is 2.16. The molecule has 0 saturated carbocycles. The molecule has 1 aromatic carbocycles. The maximum Gasteiger partial charge on any atom is 0.0703 e. The van der Waals surface area contributed by atoms with Crippen LogP contribution in [0.3, 0.4) is 0 Å². The van der Waals surface area contributed by atoms with E-state index in [4.69, 9.17) is 5.11 Å². The van der Waals surface area contributed by atoms with E-state index in [9.17, 15) is 0 Å². The second-order valence-corrected chi connectivity index (χ2v) is 4.61. The van der Waals surface area contributed by atoms with E-state index in [1.54, 1.807) is 10.9 Å². The molecule has 2 aromatic heterocycles. The SMILES string of the molecule is OCCn1cc(CNc2cnc3ccccc3c2)cn1. The number of aliphatic hydroxyl groups is 1. The molecule has 0 aliphatic heterocycles. The molecule has 3 aromatic rings. The molecule has 0 spiro atoms. The van der Waals surface area contributed by atoms with Crippen molar-refractivity contribution in [1.82, 2.24) is 14.8 Å². The predicted octanol–water partition coefficient (Wildman–Crippen LogP) is 2.04. The van der Waals surface area contributed by atoms with Crippen molar-refractivity contribution in [3.05, 3.63) is 54.5 Å². The van der Waals surface area contributed by atoms with Crippen molar-refractivity contribution < 1.29 is 5.11 Å². The minimum atomic E-state index is 0.100. The predicted molar refractivity (Wildman–Crippen MR) is 78.4 cm³/mol. The Labute approximate surface area is 116 Å². The van der Waals surface area contributed by atoms with Crippen LogP contribution in [0.25, 0.3) is 10.9 Å². The fraction of sp³-hybridized carbons (Fsp3) is 0.200. The molecule has 2 N–H and O–H groups in total. The van der Waals surface area contributed by atoms with Crippen molar-refractivity contribution in [2.45, 2.75) is 13.1 Å². The molecule has 0 saturated heterocycles. The second-order valence-electron chi connectivity index (χ2n) is 4.61. The van der Waals surface area contributed by atoms with Crippen LogP contribution < -0.4 is 5.32 Å². The van der Waals surface area contributed by atoms with Crippen LogP contribution in [0, 0.1) is 0 Å². The van der Waals surface area contributed by atoms with Crippen LogP contribution in [0.2, 0.25) is 0 Å². The number of benzene rings is 1. The highest BCUT2D eigenvalue weighted by molar-refractivity contribution is 5.81. The van der Waals surface area contributed by atoms with Gasteiger partial charge >= 0.3 is 0 Å². The van der Waals surface area contributed by atoms with Gasteiger partial charge in [0, 0.05) is 23.7 Å². The molecule has 0 unspecified atom stereocenters. The van der Waals surface area contributed by atoms with Gasteiger partial charge < -0.3 is 10.4 Å². The van der Waals surface area contributed by atoms with E-state index in [1.165, 1.54) is 0 Å². The summed E-state index contributed by atoms with van der Waals surface area (Å²) in [5.41, 5.74) is 3.05. The molecule has 3 rings (SSSR count). The first-order chi connectivity index (χ1) is 9.85. The van der Waals surface area contributed by atoms with Gasteiger partial charge in [0.2, 0.25) is 0 Å². The van der Waals surface area contributed by atoms with Crippen molar-refractivity contribution in [1.29, 1.82) is 0 Å². The number of nitrogens with zero attached hydrogens (tertiary/aromatic N) is 3. The molecular formula is C15H16N4O. The van der Waals surface area contributed by atoms with Gasteiger partial charge in [0.05, 0.1) is 36.7 Å². The average molecular weight is 268 g/mol. The van der Waals surface area contributed by atoms with Gasteiger partial charge in [-0.2, -0.15) is 5.10 Å². The summed E-state index contributed by atoms with van der Waals surface area (Å²) in [7, 11) is 0. The molecule has 2 heterocycles. The normalized spacial score (nSPS) is 10.8. The third kappa shape index (κ3) is 2.78. The number of para-hydroxylation sites is 1. The van der Waals surface area contributed by atoms with Crippen molar-refractivity contribution >= 4 is 16.6 Å². The molecule has 0 aliphatic carbocycles. The zero-order valence-electron chi connectivity index (χ0n) is 11.0. The number of hydrogen-bond acceptors (Lipinski definition) is 4. The molecule has 0 amide bonds. The smallest absolute Gasteiger partial charge is 0.0703 e. The molecular weight excluding hydrogens is 252 g/mol. The summed E-state index contributed by atoms with van der Waals surface area (Å²) >= 11 is 0. The Morgan fingerprint density at radius 1 is 1.20 bits per heavy atom. The molecule has 5 nitrogen and oxygen atoms in total. The molecule has 20 heavy (non-hydrogen) atoms. The van der Waals surface area contributed by atoms with Crippen LogP contribution in [0.15, 0.2) is 48.9 Å². The maximum absolute atomic E-state index is 8.85. The number of rotatable bonds is 5. The van der Waals surface area contributed by atoms with Gasteiger partial charge in [-0.15, -0.1) is 0 Å². The summed E-state index contributed by atoms with van der Waals surface area (Å²) < 4.78 is 1.73. The number of anilines is 1. The lowest BCUT2D eigenvalue weighted by Crippen LogP contribution is -2.02. The molecule has 0 atom stereocenters. The van der Waals surface area contributed by atoms with Gasteiger partial charge in [-0.1, -0.05) is 18.2 Å². The molecule has 5 heteroatoms. The lowest BCUT2D eigenvalue weighted by Gasteiger charge is -2.05. The molecule has 102 valence electrons. The quantitative estimate of drug-likeness (QED) is 0.743. The highest BCUT2D eigenvalue weighted by Gasteiger charge is 2.00.